The Morgan fingerprint density at radius 1 is 1.10 bits per heavy atom. The molecule has 1 aromatic heterocycles. The van der Waals surface area contributed by atoms with E-state index >= 15 is 0 Å². The van der Waals surface area contributed by atoms with Crippen LogP contribution in [0.1, 0.15) is 50.3 Å². The topological polar surface area (TPSA) is 47.6 Å². The number of fused-ring (bicyclic) bond motifs is 2. The van der Waals surface area contributed by atoms with Crippen molar-refractivity contribution in [3.05, 3.63) is 70.2 Å². The van der Waals surface area contributed by atoms with E-state index in [0.717, 1.165) is 51.0 Å². The van der Waals surface area contributed by atoms with Crippen LogP contribution in [0.4, 0.5) is 0 Å². The van der Waals surface area contributed by atoms with Crippen LogP contribution in [-0.2, 0) is 17.9 Å². The highest BCUT2D eigenvalue weighted by molar-refractivity contribution is 5.72. The first kappa shape index (κ1) is 20.9. The summed E-state index contributed by atoms with van der Waals surface area (Å²) in [4.78, 5) is 14.7. The van der Waals surface area contributed by atoms with Crippen molar-refractivity contribution in [2.45, 2.75) is 52.4 Å². The molecule has 2 atom stereocenters. The molecule has 4 rings (SSSR count). The molecule has 0 spiro atoms. The van der Waals surface area contributed by atoms with Gasteiger partial charge >= 0.3 is 5.76 Å². The van der Waals surface area contributed by atoms with Crippen LogP contribution in [-0.4, -0.2) is 29.1 Å². The molecule has 0 aliphatic carbocycles. The Kier molecular flexibility index (Phi) is 6.70. The fraction of sp³-hybridized carbons (Fsp3) is 0.480. The lowest BCUT2D eigenvalue weighted by molar-refractivity contribution is 0.0160. The summed E-state index contributed by atoms with van der Waals surface area (Å²) in [6, 6.07) is 16.2. The number of aryl methyl sites for hydroxylation is 1. The molecule has 0 bridgehead atoms. The first-order valence-corrected chi connectivity index (χ1v) is 11.2. The Morgan fingerprint density at radius 3 is 2.77 bits per heavy atom. The van der Waals surface area contributed by atoms with E-state index in [1.165, 1.54) is 11.1 Å². The van der Waals surface area contributed by atoms with E-state index in [-0.39, 0.29) is 11.9 Å². The van der Waals surface area contributed by atoms with Crippen LogP contribution < -0.4 is 5.76 Å². The van der Waals surface area contributed by atoms with E-state index in [1.807, 2.05) is 24.3 Å². The average Bonchev–Trinajstić information content (AvgIpc) is 3.32. The smallest absolute Gasteiger partial charge is 0.408 e. The van der Waals surface area contributed by atoms with Crippen molar-refractivity contribution < 1.29 is 9.15 Å². The number of unbranched alkanes of at least 4 members (excludes halogenated alkanes) is 1. The number of aromatic nitrogens is 1. The molecule has 160 valence electrons. The minimum Gasteiger partial charge on any atom is -0.408 e. The van der Waals surface area contributed by atoms with Gasteiger partial charge in [0.2, 0.25) is 0 Å². The van der Waals surface area contributed by atoms with Crippen LogP contribution in [0.25, 0.3) is 11.1 Å². The van der Waals surface area contributed by atoms with Crippen molar-refractivity contribution in [1.82, 2.24) is 9.47 Å². The summed E-state index contributed by atoms with van der Waals surface area (Å²) < 4.78 is 13.2. The van der Waals surface area contributed by atoms with Gasteiger partial charge in [-0.25, -0.2) is 4.79 Å². The maximum Gasteiger partial charge on any atom is 0.419 e. The Labute approximate surface area is 178 Å². The Hall–Kier alpha value is -2.37. The van der Waals surface area contributed by atoms with Gasteiger partial charge in [-0.3, -0.25) is 4.57 Å². The summed E-state index contributed by atoms with van der Waals surface area (Å²) in [5, 5.41) is 0. The summed E-state index contributed by atoms with van der Waals surface area (Å²) >= 11 is 0. The third-order valence-electron chi connectivity index (χ3n) is 6.06. The highest BCUT2D eigenvalue weighted by Crippen LogP contribution is 2.36. The van der Waals surface area contributed by atoms with E-state index in [1.54, 1.807) is 4.57 Å². The molecule has 1 aliphatic heterocycles. The van der Waals surface area contributed by atoms with Gasteiger partial charge in [0.15, 0.2) is 5.58 Å². The molecule has 30 heavy (non-hydrogen) atoms. The van der Waals surface area contributed by atoms with Crippen LogP contribution in [0.5, 0.6) is 0 Å². The fourth-order valence-electron chi connectivity index (χ4n) is 4.63. The van der Waals surface area contributed by atoms with Crippen molar-refractivity contribution in [3.63, 3.8) is 0 Å². The predicted octanol–water partition coefficient (Wildman–Crippen LogP) is 4.99. The SMILES string of the molecule is CCCN(CCCCn1c(=O)oc2ccccc21)CC(C)C1OCc2ccccc21. The number of hydrogen-bond acceptors (Lipinski definition) is 4. The van der Waals surface area contributed by atoms with Gasteiger partial charge in [0.05, 0.1) is 18.2 Å². The summed E-state index contributed by atoms with van der Waals surface area (Å²) in [5.74, 6) is 0.188. The lowest BCUT2D eigenvalue weighted by Gasteiger charge is -2.28. The quantitative estimate of drug-likeness (QED) is 0.443. The van der Waals surface area contributed by atoms with Crippen LogP contribution >= 0.6 is 0 Å². The molecular weight excluding hydrogens is 376 g/mol. The molecule has 5 heteroatoms. The van der Waals surface area contributed by atoms with Crippen molar-refractivity contribution in [2.24, 2.45) is 5.92 Å². The Bertz CT molecular complexity index is 1020. The zero-order valence-electron chi connectivity index (χ0n) is 18.0. The van der Waals surface area contributed by atoms with Gasteiger partial charge in [0.1, 0.15) is 0 Å². The molecule has 0 fully saturated rings. The minimum atomic E-state index is -0.257. The molecular formula is C25H32N2O3. The number of rotatable bonds is 10. The van der Waals surface area contributed by atoms with Crippen LogP contribution in [0.3, 0.4) is 0 Å². The summed E-state index contributed by atoms with van der Waals surface area (Å²) in [7, 11) is 0. The number of oxazole rings is 1. The zero-order chi connectivity index (χ0) is 20.9. The van der Waals surface area contributed by atoms with Crippen molar-refractivity contribution in [2.75, 3.05) is 19.6 Å². The standard InChI is InChI=1S/C25H32N2O3/c1-3-14-26(17-19(2)24-21-11-5-4-10-20(21)18-29-24)15-8-9-16-27-22-12-6-7-13-23(22)30-25(27)28/h4-7,10-13,19,24H,3,8-9,14-18H2,1-2H3. The number of ether oxygens (including phenoxy) is 1. The fourth-order valence-corrected chi connectivity index (χ4v) is 4.63. The third kappa shape index (κ3) is 4.52. The largest absolute Gasteiger partial charge is 0.419 e. The second-order valence-electron chi connectivity index (χ2n) is 8.40. The van der Waals surface area contributed by atoms with Gasteiger partial charge in [-0.1, -0.05) is 50.2 Å². The second-order valence-corrected chi connectivity index (χ2v) is 8.40. The molecule has 0 saturated carbocycles. The maximum absolute atomic E-state index is 12.1. The summed E-state index contributed by atoms with van der Waals surface area (Å²) in [6.07, 6.45) is 3.35. The normalized spacial score (nSPS) is 17.0. The molecule has 3 aromatic rings. The lowest BCUT2D eigenvalue weighted by Crippen LogP contribution is -2.32. The Balaban J connectivity index is 1.31. The van der Waals surface area contributed by atoms with Gasteiger partial charge in [0.25, 0.3) is 0 Å². The van der Waals surface area contributed by atoms with E-state index in [4.69, 9.17) is 9.15 Å². The molecule has 2 heterocycles. The monoisotopic (exact) mass is 408 g/mol. The molecule has 2 unspecified atom stereocenters. The highest BCUT2D eigenvalue weighted by Gasteiger charge is 2.28. The molecule has 0 N–H and O–H groups in total. The van der Waals surface area contributed by atoms with E-state index < -0.39 is 0 Å². The van der Waals surface area contributed by atoms with Gasteiger partial charge in [-0.15, -0.1) is 0 Å². The average molecular weight is 409 g/mol. The van der Waals surface area contributed by atoms with Gasteiger partial charge in [-0.2, -0.15) is 0 Å². The number of hydrogen-bond donors (Lipinski definition) is 0. The molecule has 0 saturated heterocycles. The lowest BCUT2D eigenvalue weighted by atomic mass is 9.95. The van der Waals surface area contributed by atoms with Gasteiger partial charge in [0, 0.05) is 13.1 Å². The van der Waals surface area contributed by atoms with Crippen molar-refractivity contribution >= 4 is 11.1 Å². The molecule has 5 nitrogen and oxygen atoms in total. The van der Waals surface area contributed by atoms with E-state index in [0.29, 0.717) is 18.0 Å². The molecule has 1 aliphatic rings. The summed E-state index contributed by atoms with van der Waals surface area (Å²) in [5.41, 5.74) is 4.24. The van der Waals surface area contributed by atoms with E-state index in [2.05, 4.69) is 43.0 Å². The Morgan fingerprint density at radius 2 is 1.90 bits per heavy atom. The maximum atomic E-state index is 12.1. The predicted molar refractivity (Wildman–Crippen MR) is 120 cm³/mol. The first-order chi connectivity index (χ1) is 14.7. The van der Waals surface area contributed by atoms with Gasteiger partial charge in [-0.05, 0) is 61.5 Å². The van der Waals surface area contributed by atoms with Gasteiger partial charge < -0.3 is 14.1 Å². The van der Waals surface area contributed by atoms with Crippen molar-refractivity contribution in [3.8, 4) is 0 Å². The van der Waals surface area contributed by atoms with Crippen molar-refractivity contribution in [1.29, 1.82) is 0 Å². The minimum absolute atomic E-state index is 0.191. The number of para-hydroxylation sites is 2. The first-order valence-electron chi connectivity index (χ1n) is 11.2. The van der Waals surface area contributed by atoms with Crippen LogP contribution in [0.2, 0.25) is 0 Å². The molecule has 0 amide bonds. The van der Waals surface area contributed by atoms with Crippen LogP contribution in [0.15, 0.2) is 57.7 Å². The number of benzene rings is 2. The second kappa shape index (κ2) is 9.63. The molecule has 0 radical (unpaired) electrons. The summed E-state index contributed by atoms with van der Waals surface area (Å²) in [6.45, 7) is 9.12. The zero-order valence-corrected chi connectivity index (χ0v) is 18.0. The third-order valence-corrected chi connectivity index (χ3v) is 6.06. The molecule has 2 aromatic carbocycles. The highest BCUT2D eigenvalue weighted by atomic mass is 16.5. The number of nitrogens with zero attached hydrogens (tertiary/aromatic N) is 2. The van der Waals surface area contributed by atoms with Crippen LogP contribution in [0, 0.1) is 5.92 Å². The van der Waals surface area contributed by atoms with E-state index in [9.17, 15) is 4.79 Å².